The van der Waals surface area contributed by atoms with E-state index in [1.165, 1.54) is 6.08 Å². The Morgan fingerprint density at radius 3 is 2.91 bits per heavy atom. The highest BCUT2D eigenvalue weighted by molar-refractivity contribution is 5.79. The molecule has 11 heavy (non-hydrogen) atoms. The molecule has 0 spiro atoms. The molecule has 0 aromatic heterocycles. The number of epoxide rings is 1. The summed E-state index contributed by atoms with van der Waals surface area (Å²) in [5.41, 5.74) is 0. The van der Waals surface area contributed by atoms with Crippen molar-refractivity contribution in [2.24, 2.45) is 5.92 Å². The lowest BCUT2D eigenvalue weighted by Crippen LogP contribution is -2.03. The summed E-state index contributed by atoms with van der Waals surface area (Å²) >= 11 is 0. The quantitative estimate of drug-likeness (QED) is 0.489. The van der Waals surface area contributed by atoms with Crippen molar-refractivity contribution in [1.82, 2.24) is 0 Å². The van der Waals surface area contributed by atoms with E-state index in [1.54, 1.807) is 6.08 Å². The van der Waals surface area contributed by atoms with E-state index < -0.39 is 5.97 Å². The summed E-state index contributed by atoms with van der Waals surface area (Å²) in [5, 5.41) is 8.33. The van der Waals surface area contributed by atoms with E-state index in [4.69, 9.17) is 9.84 Å². The fraction of sp³-hybridized carbons (Fsp3) is 0.625. The van der Waals surface area contributed by atoms with Gasteiger partial charge in [-0.2, -0.15) is 0 Å². The first-order chi connectivity index (χ1) is 5.24. The van der Waals surface area contributed by atoms with Crippen molar-refractivity contribution in [2.75, 3.05) is 6.61 Å². The van der Waals surface area contributed by atoms with E-state index in [1.807, 2.05) is 6.92 Å². The summed E-state index contributed by atoms with van der Waals surface area (Å²) in [7, 11) is 0. The number of aliphatic carboxylic acids is 1. The molecule has 0 aliphatic carbocycles. The van der Waals surface area contributed by atoms with Crippen molar-refractivity contribution in [1.29, 1.82) is 0 Å². The minimum Gasteiger partial charge on any atom is -0.478 e. The molecular weight excluding hydrogens is 144 g/mol. The first kappa shape index (κ1) is 8.27. The molecule has 62 valence electrons. The molecule has 0 saturated carbocycles. The molecule has 0 bridgehead atoms. The van der Waals surface area contributed by atoms with Gasteiger partial charge in [-0.05, 0) is 6.42 Å². The zero-order valence-corrected chi connectivity index (χ0v) is 6.49. The molecule has 3 nitrogen and oxygen atoms in total. The molecular formula is C8H12O3. The fourth-order valence-corrected chi connectivity index (χ4v) is 1.03. The van der Waals surface area contributed by atoms with E-state index in [2.05, 4.69) is 0 Å². The first-order valence-corrected chi connectivity index (χ1v) is 3.76. The van der Waals surface area contributed by atoms with Crippen LogP contribution in [0.4, 0.5) is 0 Å². The highest BCUT2D eigenvalue weighted by Crippen LogP contribution is 2.23. The predicted octanol–water partition coefficient (Wildman–Crippen LogP) is 1.05. The van der Waals surface area contributed by atoms with Crippen molar-refractivity contribution >= 4 is 5.97 Å². The van der Waals surface area contributed by atoms with Crippen LogP contribution in [0.5, 0.6) is 0 Å². The van der Waals surface area contributed by atoms with Crippen LogP contribution >= 0.6 is 0 Å². The lowest BCUT2D eigenvalue weighted by Gasteiger charge is -2.02. The number of carboxylic acid groups (broad SMARTS) is 1. The third kappa shape index (κ3) is 2.72. The summed E-state index contributed by atoms with van der Waals surface area (Å²) in [4.78, 5) is 10.1. The van der Waals surface area contributed by atoms with Gasteiger partial charge in [-0.1, -0.05) is 13.0 Å². The van der Waals surface area contributed by atoms with E-state index in [9.17, 15) is 4.79 Å². The average Bonchev–Trinajstić information content (AvgIpc) is 2.72. The van der Waals surface area contributed by atoms with Crippen LogP contribution in [0.3, 0.4) is 0 Å². The third-order valence-electron chi connectivity index (χ3n) is 1.79. The second-order valence-corrected chi connectivity index (χ2v) is 2.64. The van der Waals surface area contributed by atoms with Crippen LogP contribution in [0.1, 0.15) is 13.3 Å². The normalized spacial score (nSPS) is 25.4. The molecule has 1 aliphatic heterocycles. The van der Waals surface area contributed by atoms with Crippen LogP contribution < -0.4 is 0 Å². The number of ether oxygens (including phenoxy) is 1. The summed E-state index contributed by atoms with van der Waals surface area (Å²) < 4.78 is 5.05. The summed E-state index contributed by atoms with van der Waals surface area (Å²) in [6.45, 7) is 2.81. The van der Waals surface area contributed by atoms with E-state index in [0.717, 1.165) is 13.0 Å². The second-order valence-electron chi connectivity index (χ2n) is 2.64. The van der Waals surface area contributed by atoms with Gasteiger partial charge in [0.2, 0.25) is 0 Å². The van der Waals surface area contributed by atoms with Gasteiger partial charge >= 0.3 is 5.97 Å². The molecule has 0 aromatic carbocycles. The van der Waals surface area contributed by atoms with Crippen LogP contribution in [0.25, 0.3) is 0 Å². The summed E-state index contributed by atoms with van der Waals surface area (Å²) in [6, 6.07) is 0. The summed E-state index contributed by atoms with van der Waals surface area (Å²) in [5.74, 6) is -0.602. The topological polar surface area (TPSA) is 49.8 Å². The largest absolute Gasteiger partial charge is 0.478 e. The monoisotopic (exact) mass is 156 g/mol. The summed E-state index contributed by atoms with van der Waals surface area (Å²) in [6.07, 6.45) is 4.11. The number of carbonyl (C=O) groups is 1. The van der Waals surface area contributed by atoms with Crippen LogP contribution in [-0.2, 0) is 9.53 Å². The lowest BCUT2D eigenvalue weighted by atomic mass is 10.0. The minimum atomic E-state index is -0.885. The number of carboxylic acids is 1. The zero-order chi connectivity index (χ0) is 8.27. The maximum atomic E-state index is 10.1. The van der Waals surface area contributed by atoms with Crippen molar-refractivity contribution in [3.8, 4) is 0 Å². The van der Waals surface area contributed by atoms with E-state index in [-0.39, 0.29) is 12.0 Å². The smallest absolute Gasteiger partial charge is 0.327 e. The molecule has 0 radical (unpaired) electrons. The van der Waals surface area contributed by atoms with Crippen LogP contribution in [0, 0.1) is 5.92 Å². The maximum Gasteiger partial charge on any atom is 0.327 e. The van der Waals surface area contributed by atoms with Gasteiger partial charge in [-0.25, -0.2) is 4.79 Å². The molecule has 1 unspecified atom stereocenters. The highest BCUT2D eigenvalue weighted by atomic mass is 16.6. The Bertz CT molecular complexity index is 170. The van der Waals surface area contributed by atoms with Gasteiger partial charge < -0.3 is 9.84 Å². The van der Waals surface area contributed by atoms with Crippen LogP contribution in [-0.4, -0.2) is 23.8 Å². The van der Waals surface area contributed by atoms with Crippen molar-refractivity contribution < 1.29 is 14.6 Å². The number of rotatable bonds is 4. The van der Waals surface area contributed by atoms with Crippen LogP contribution in [0.2, 0.25) is 0 Å². The molecule has 0 aromatic rings. The molecule has 0 amide bonds. The maximum absolute atomic E-state index is 10.1. The Balaban J connectivity index is 2.36. The average molecular weight is 156 g/mol. The highest BCUT2D eigenvalue weighted by Gasteiger charge is 2.29. The SMILES string of the molecule is CCC(C=CC(=O)O)[C@@H]1CO1. The second kappa shape index (κ2) is 3.53. The zero-order valence-electron chi connectivity index (χ0n) is 6.49. The number of hydrogen-bond donors (Lipinski definition) is 1. The molecule has 1 rings (SSSR count). The fourth-order valence-electron chi connectivity index (χ4n) is 1.03. The number of hydrogen-bond acceptors (Lipinski definition) is 2. The van der Waals surface area contributed by atoms with Gasteiger partial charge in [0.05, 0.1) is 12.7 Å². The molecule has 1 fully saturated rings. The Morgan fingerprint density at radius 1 is 1.91 bits per heavy atom. The molecule has 1 saturated heterocycles. The van der Waals surface area contributed by atoms with Crippen molar-refractivity contribution in [3.63, 3.8) is 0 Å². The molecule has 1 N–H and O–H groups in total. The lowest BCUT2D eigenvalue weighted by molar-refractivity contribution is -0.131. The molecule has 3 heteroatoms. The van der Waals surface area contributed by atoms with Crippen molar-refractivity contribution in [2.45, 2.75) is 19.4 Å². The third-order valence-corrected chi connectivity index (χ3v) is 1.79. The first-order valence-electron chi connectivity index (χ1n) is 3.76. The Hall–Kier alpha value is -0.830. The van der Waals surface area contributed by atoms with Crippen molar-refractivity contribution in [3.05, 3.63) is 12.2 Å². The Kier molecular flexibility index (Phi) is 2.65. The van der Waals surface area contributed by atoms with Gasteiger partial charge in [0.1, 0.15) is 0 Å². The van der Waals surface area contributed by atoms with Crippen LogP contribution in [0.15, 0.2) is 12.2 Å². The Labute approximate surface area is 65.7 Å². The molecule has 1 heterocycles. The Morgan fingerprint density at radius 2 is 2.55 bits per heavy atom. The van der Waals surface area contributed by atoms with Gasteiger partial charge in [-0.15, -0.1) is 0 Å². The van der Waals surface area contributed by atoms with E-state index >= 15 is 0 Å². The molecule has 1 aliphatic rings. The van der Waals surface area contributed by atoms with E-state index in [0.29, 0.717) is 0 Å². The minimum absolute atomic E-state index is 0.274. The predicted molar refractivity (Wildman–Crippen MR) is 40.3 cm³/mol. The standard InChI is InChI=1S/C8H12O3/c1-2-6(7-5-11-7)3-4-8(9)10/h3-4,6-7H,2,5H2,1H3,(H,9,10)/t6?,7-/m0/s1. The van der Waals surface area contributed by atoms with Gasteiger partial charge in [0, 0.05) is 12.0 Å². The van der Waals surface area contributed by atoms with Gasteiger partial charge in [-0.3, -0.25) is 0 Å². The molecule has 2 atom stereocenters. The van der Waals surface area contributed by atoms with Gasteiger partial charge in [0.25, 0.3) is 0 Å². The van der Waals surface area contributed by atoms with Gasteiger partial charge in [0.15, 0.2) is 0 Å².